The van der Waals surface area contributed by atoms with E-state index in [1.165, 1.54) is 0 Å². The van der Waals surface area contributed by atoms with E-state index in [1.807, 2.05) is 35.2 Å². The van der Waals surface area contributed by atoms with Crippen molar-refractivity contribution >= 4 is 5.91 Å². The van der Waals surface area contributed by atoms with Gasteiger partial charge in [-0.3, -0.25) is 4.79 Å². The molecule has 1 aromatic rings. The molecule has 18 heavy (non-hydrogen) atoms. The van der Waals surface area contributed by atoms with Gasteiger partial charge in [0.05, 0.1) is 13.0 Å². The molecule has 1 amide bonds. The summed E-state index contributed by atoms with van der Waals surface area (Å²) < 4.78 is 0. The number of hydrogen-bond donors (Lipinski definition) is 1. The summed E-state index contributed by atoms with van der Waals surface area (Å²) in [6.45, 7) is 2.16. The summed E-state index contributed by atoms with van der Waals surface area (Å²) >= 11 is 0. The van der Waals surface area contributed by atoms with E-state index in [0.29, 0.717) is 18.9 Å². The first-order valence-electron chi connectivity index (χ1n) is 6.43. The molecule has 1 aromatic carbocycles. The number of carbonyl (C=O) groups excluding carboxylic acids is 1. The lowest BCUT2D eigenvalue weighted by atomic mass is 9.98. The molecule has 1 fully saturated rings. The van der Waals surface area contributed by atoms with Crippen molar-refractivity contribution in [2.45, 2.75) is 19.3 Å². The van der Waals surface area contributed by atoms with Gasteiger partial charge in [-0.1, -0.05) is 30.3 Å². The third-order valence-electron chi connectivity index (χ3n) is 3.40. The summed E-state index contributed by atoms with van der Waals surface area (Å²) in [5.41, 5.74) is 1.07. The molecule has 0 radical (unpaired) electrons. The van der Waals surface area contributed by atoms with E-state index in [1.54, 1.807) is 0 Å². The monoisotopic (exact) mass is 248 g/mol. The zero-order valence-corrected chi connectivity index (χ0v) is 10.5. The molecule has 0 aliphatic carbocycles. The topological polar surface area (TPSA) is 55.6 Å². The zero-order chi connectivity index (χ0) is 12.8. The molecule has 0 spiro atoms. The number of benzene rings is 1. The second kappa shape index (κ2) is 6.52. The molecule has 4 heteroatoms. The van der Waals surface area contributed by atoms with Crippen LogP contribution in [0.3, 0.4) is 0 Å². The normalized spacial score (nSPS) is 19.8. The number of likely N-dealkylation sites (tertiary alicyclic amines) is 1. The van der Waals surface area contributed by atoms with Gasteiger partial charge in [0, 0.05) is 19.0 Å². The molecule has 1 saturated heterocycles. The Labute approximate surface area is 108 Å². The summed E-state index contributed by atoms with van der Waals surface area (Å²) in [6.07, 6.45) is 2.61. The number of amides is 1. The molecule has 1 aliphatic rings. The van der Waals surface area contributed by atoms with E-state index in [9.17, 15) is 4.79 Å². The summed E-state index contributed by atoms with van der Waals surface area (Å²) in [7, 11) is 0. The van der Waals surface area contributed by atoms with E-state index in [-0.39, 0.29) is 5.91 Å². The maximum absolute atomic E-state index is 12.2. The van der Waals surface area contributed by atoms with Crippen LogP contribution in [0.5, 0.6) is 0 Å². The summed E-state index contributed by atoms with van der Waals surface area (Å²) in [5.74, 6) is 5.68. The molecule has 1 unspecified atom stereocenters. The van der Waals surface area contributed by atoms with Crippen molar-refractivity contribution in [2.75, 3.05) is 19.7 Å². The predicted molar refractivity (Wildman–Crippen MR) is 69.6 cm³/mol. The lowest BCUT2D eigenvalue weighted by molar-refractivity contribution is -0.132. The van der Waals surface area contributed by atoms with Crippen LogP contribution in [0.25, 0.3) is 0 Å². The van der Waals surface area contributed by atoms with E-state index >= 15 is 0 Å². The zero-order valence-electron chi connectivity index (χ0n) is 10.5. The number of piperidine rings is 1. The fourth-order valence-electron chi connectivity index (χ4n) is 2.45. The molecule has 1 heterocycles. The molecule has 1 atom stereocenters. The van der Waals surface area contributed by atoms with E-state index in [2.05, 4.69) is 4.84 Å². The quantitative estimate of drug-likeness (QED) is 0.818. The number of hydrogen-bond acceptors (Lipinski definition) is 3. The highest BCUT2D eigenvalue weighted by Crippen LogP contribution is 2.17. The Bertz CT molecular complexity index is 379. The highest BCUT2D eigenvalue weighted by Gasteiger charge is 2.23. The van der Waals surface area contributed by atoms with Gasteiger partial charge < -0.3 is 9.74 Å². The van der Waals surface area contributed by atoms with Crippen molar-refractivity contribution in [3.05, 3.63) is 35.9 Å². The van der Waals surface area contributed by atoms with Crippen molar-refractivity contribution < 1.29 is 9.63 Å². The average molecular weight is 248 g/mol. The lowest BCUT2D eigenvalue weighted by Crippen LogP contribution is -2.42. The van der Waals surface area contributed by atoms with Gasteiger partial charge >= 0.3 is 0 Å². The van der Waals surface area contributed by atoms with Crippen LogP contribution in [0.15, 0.2) is 30.3 Å². The molecule has 2 rings (SSSR count). The number of nitrogens with two attached hydrogens (primary N) is 1. The second-order valence-electron chi connectivity index (χ2n) is 4.84. The molecule has 4 nitrogen and oxygen atoms in total. The van der Waals surface area contributed by atoms with Gasteiger partial charge in [-0.25, -0.2) is 5.90 Å². The van der Waals surface area contributed by atoms with Crippen LogP contribution in [0, 0.1) is 5.92 Å². The largest absolute Gasteiger partial charge is 0.342 e. The molecule has 2 N–H and O–H groups in total. The van der Waals surface area contributed by atoms with Gasteiger partial charge in [0.25, 0.3) is 0 Å². The van der Waals surface area contributed by atoms with Crippen LogP contribution in [-0.2, 0) is 16.1 Å². The molecule has 98 valence electrons. The minimum Gasteiger partial charge on any atom is -0.342 e. The minimum absolute atomic E-state index is 0.197. The molecular formula is C14H20N2O2. The lowest BCUT2D eigenvalue weighted by Gasteiger charge is -2.32. The smallest absolute Gasteiger partial charge is 0.226 e. The number of carbonyl (C=O) groups is 1. The van der Waals surface area contributed by atoms with Gasteiger partial charge in [0.1, 0.15) is 0 Å². The van der Waals surface area contributed by atoms with Gasteiger partial charge in [0.2, 0.25) is 5.91 Å². The molecule has 1 aliphatic heterocycles. The molecule has 0 saturated carbocycles. The third kappa shape index (κ3) is 3.55. The van der Waals surface area contributed by atoms with E-state index in [0.717, 1.165) is 31.5 Å². The first-order valence-corrected chi connectivity index (χ1v) is 6.43. The Balaban J connectivity index is 1.88. The van der Waals surface area contributed by atoms with Gasteiger partial charge in [-0.15, -0.1) is 0 Å². The van der Waals surface area contributed by atoms with Crippen molar-refractivity contribution in [2.24, 2.45) is 11.8 Å². The second-order valence-corrected chi connectivity index (χ2v) is 4.84. The predicted octanol–water partition coefficient (Wildman–Crippen LogP) is 1.36. The minimum atomic E-state index is 0.197. The molecular weight excluding hydrogens is 228 g/mol. The molecule has 0 bridgehead atoms. The van der Waals surface area contributed by atoms with Crippen molar-refractivity contribution in [3.63, 3.8) is 0 Å². The summed E-state index contributed by atoms with van der Waals surface area (Å²) in [5, 5.41) is 0. The fraction of sp³-hybridized carbons (Fsp3) is 0.500. The van der Waals surface area contributed by atoms with Crippen molar-refractivity contribution in [1.29, 1.82) is 0 Å². The Kier molecular flexibility index (Phi) is 4.73. The van der Waals surface area contributed by atoms with Crippen LogP contribution in [0.4, 0.5) is 0 Å². The number of nitrogens with zero attached hydrogens (tertiary/aromatic N) is 1. The van der Waals surface area contributed by atoms with Crippen LogP contribution < -0.4 is 5.90 Å². The fourth-order valence-corrected chi connectivity index (χ4v) is 2.45. The van der Waals surface area contributed by atoms with Crippen molar-refractivity contribution in [3.8, 4) is 0 Å². The van der Waals surface area contributed by atoms with Crippen LogP contribution >= 0.6 is 0 Å². The van der Waals surface area contributed by atoms with Gasteiger partial charge in [-0.2, -0.15) is 0 Å². The maximum atomic E-state index is 12.2. The maximum Gasteiger partial charge on any atom is 0.226 e. The Morgan fingerprint density at radius 3 is 2.89 bits per heavy atom. The highest BCUT2D eigenvalue weighted by molar-refractivity contribution is 5.78. The third-order valence-corrected chi connectivity index (χ3v) is 3.40. The standard InChI is InChI=1S/C14H20N2O2/c15-18-11-13-7-4-8-16(10-13)14(17)9-12-5-2-1-3-6-12/h1-3,5-6,13H,4,7-11,15H2. The number of rotatable bonds is 4. The SMILES string of the molecule is NOCC1CCCN(C(=O)Cc2ccccc2)C1. The Morgan fingerprint density at radius 1 is 1.39 bits per heavy atom. The van der Waals surface area contributed by atoms with Crippen LogP contribution in [0.1, 0.15) is 18.4 Å². The van der Waals surface area contributed by atoms with E-state index < -0.39 is 0 Å². The Hall–Kier alpha value is -1.39. The van der Waals surface area contributed by atoms with Crippen molar-refractivity contribution in [1.82, 2.24) is 4.90 Å². The van der Waals surface area contributed by atoms with Crippen LogP contribution in [-0.4, -0.2) is 30.5 Å². The summed E-state index contributed by atoms with van der Waals surface area (Å²) in [4.78, 5) is 18.8. The van der Waals surface area contributed by atoms with Gasteiger partial charge in [-0.05, 0) is 18.4 Å². The Morgan fingerprint density at radius 2 is 2.17 bits per heavy atom. The highest BCUT2D eigenvalue weighted by atomic mass is 16.6. The van der Waals surface area contributed by atoms with Crippen LogP contribution in [0.2, 0.25) is 0 Å². The van der Waals surface area contributed by atoms with E-state index in [4.69, 9.17) is 5.90 Å². The van der Waals surface area contributed by atoms with Gasteiger partial charge in [0.15, 0.2) is 0 Å². The summed E-state index contributed by atoms with van der Waals surface area (Å²) in [6, 6.07) is 9.86. The first kappa shape index (κ1) is 13.1. The average Bonchev–Trinajstić information content (AvgIpc) is 2.40. The first-order chi connectivity index (χ1) is 8.79. The molecule has 0 aromatic heterocycles.